The van der Waals surface area contributed by atoms with Crippen molar-refractivity contribution in [2.45, 2.75) is 58.6 Å². The van der Waals surface area contributed by atoms with E-state index in [1.54, 1.807) is 11.0 Å². The molecule has 0 saturated heterocycles. The lowest BCUT2D eigenvalue weighted by Gasteiger charge is -2.31. The molecular formula is C16H30N2O2. The average Bonchev–Trinajstić information content (AvgIpc) is 2.33. The van der Waals surface area contributed by atoms with Gasteiger partial charge in [-0.25, -0.2) is 4.79 Å². The molecule has 2 N–H and O–H groups in total. The van der Waals surface area contributed by atoms with E-state index in [0.717, 1.165) is 19.3 Å². The van der Waals surface area contributed by atoms with Crippen molar-refractivity contribution >= 4 is 6.09 Å². The molecule has 0 heterocycles. The second-order valence-corrected chi connectivity index (χ2v) is 5.91. The van der Waals surface area contributed by atoms with Crippen LogP contribution in [0.25, 0.3) is 0 Å². The fourth-order valence-electron chi connectivity index (χ4n) is 1.76. The van der Waals surface area contributed by atoms with Crippen LogP contribution in [-0.2, 0) is 4.74 Å². The van der Waals surface area contributed by atoms with E-state index in [0.29, 0.717) is 13.1 Å². The van der Waals surface area contributed by atoms with Crippen LogP contribution in [0.1, 0.15) is 47.0 Å². The fourth-order valence-corrected chi connectivity index (χ4v) is 1.76. The largest absolute Gasteiger partial charge is 0.444 e. The monoisotopic (exact) mass is 282 g/mol. The Morgan fingerprint density at radius 2 is 2.10 bits per heavy atom. The Hall–Kier alpha value is -1.29. The summed E-state index contributed by atoms with van der Waals surface area (Å²) >= 11 is 0. The lowest BCUT2D eigenvalue weighted by Crippen LogP contribution is -2.43. The van der Waals surface area contributed by atoms with Crippen molar-refractivity contribution in [2.75, 3.05) is 13.1 Å². The Morgan fingerprint density at radius 1 is 1.45 bits per heavy atom. The van der Waals surface area contributed by atoms with E-state index < -0.39 is 5.60 Å². The fraction of sp³-hybridized carbons (Fsp3) is 0.688. The second kappa shape index (κ2) is 9.59. The average molecular weight is 282 g/mol. The highest BCUT2D eigenvalue weighted by atomic mass is 16.6. The molecule has 4 nitrogen and oxygen atoms in total. The minimum atomic E-state index is -0.472. The number of ether oxygens (including phenoxy) is 1. The first-order chi connectivity index (χ1) is 9.31. The maximum Gasteiger partial charge on any atom is 0.410 e. The number of hydrogen-bond acceptors (Lipinski definition) is 3. The predicted molar refractivity (Wildman–Crippen MR) is 84.6 cm³/mol. The summed E-state index contributed by atoms with van der Waals surface area (Å²) in [6, 6.07) is 0.130. The molecular weight excluding hydrogens is 252 g/mol. The van der Waals surface area contributed by atoms with Gasteiger partial charge in [0.2, 0.25) is 0 Å². The van der Waals surface area contributed by atoms with E-state index in [4.69, 9.17) is 10.5 Å². The van der Waals surface area contributed by atoms with Crippen molar-refractivity contribution in [3.63, 3.8) is 0 Å². The van der Waals surface area contributed by atoms with Gasteiger partial charge in [0.25, 0.3) is 0 Å². The highest BCUT2D eigenvalue weighted by Gasteiger charge is 2.25. The number of hydrogen-bond donors (Lipinski definition) is 1. The van der Waals surface area contributed by atoms with Crippen LogP contribution in [0.3, 0.4) is 0 Å². The van der Waals surface area contributed by atoms with Gasteiger partial charge in [-0.05, 0) is 53.5 Å². The van der Waals surface area contributed by atoms with Crippen LogP contribution >= 0.6 is 0 Å². The first-order valence-electron chi connectivity index (χ1n) is 7.29. The number of carbonyl (C=O) groups excluding carboxylic acids is 1. The van der Waals surface area contributed by atoms with Crippen LogP contribution < -0.4 is 5.73 Å². The second-order valence-electron chi connectivity index (χ2n) is 5.91. The number of allylic oxidation sites excluding steroid dienone is 3. The molecule has 20 heavy (non-hydrogen) atoms. The van der Waals surface area contributed by atoms with E-state index >= 15 is 0 Å². The molecule has 0 saturated carbocycles. The molecule has 0 aromatic carbocycles. The summed E-state index contributed by atoms with van der Waals surface area (Å²) in [5, 5.41) is 0. The molecule has 0 aliphatic heterocycles. The highest BCUT2D eigenvalue weighted by Crippen LogP contribution is 2.15. The van der Waals surface area contributed by atoms with Crippen molar-refractivity contribution in [1.82, 2.24) is 4.90 Å². The summed E-state index contributed by atoms with van der Waals surface area (Å²) < 4.78 is 5.46. The number of amides is 1. The minimum absolute atomic E-state index is 0.130. The van der Waals surface area contributed by atoms with Crippen molar-refractivity contribution in [2.24, 2.45) is 5.73 Å². The summed E-state index contributed by atoms with van der Waals surface area (Å²) in [5.74, 6) is 0. The predicted octanol–water partition coefficient (Wildman–Crippen LogP) is 3.48. The molecule has 1 amide bonds. The third-order valence-electron chi connectivity index (χ3n) is 2.79. The van der Waals surface area contributed by atoms with Gasteiger partial charge in [-0.1, -0.05) is 24.8 Å². The summed E-state index contributed by atoms with van der Waals surface area (Å²) in [6.45, 7) is 12.5. The molecule has 1 atom stereocenters. The van der Waals surface area contributed by atoms with Crippen molar-refractivity contribution < 1.29 is 9.53 Å². The van der Waals surface area contributed by atoms with Crippen LogP contribution in [-0.4, -0.2) is 35.7 Å². The molecule has 116 valence electrons. The summed E-state index contributed by atoms with van der Waals surface area (Å²) in [6.07, 6.45) is 8.07. The molecule has 0 bridgehead atoms. The van der Waals surface area contributed by atoms with E-state index in [1.165, 1.54) is 0 Å². The quantitative estimate of drug-likeness (QED) is 0.693. The van der Waals surface area contributed by atoms with Crippen LogP contribution in [0.5, 0.6) is 0 Å². The number of nitrogens with two attached hydrogens (primary N) is 1. The molecule has 0 rings (SSSR count). The maximum absolute atomic E-state index is 12.2. The number of carbonyl (C=O) groups is 1. The molecule has 0 spiro atoms. The van der Waals surface area contributed by atoms with Gasteiger partial charge in [0.05, 0.1) is 0 Å². The molecule has 0 aliphatic carbocycles. The smallest absolute Gasteiger partial charge is 0.410 e. The Morgan fingerprint density at radius 3 is 2.60 bits per heavy atom. The normalized spacial score (nSPS) is 13.2. The van der Waals surface area contributed by atoms with Crippen molar-refractivity contribution in [1.29, 1.82) is 0 Å². The topological polar surface area (TPSA) is 55.6 Å². The molecule has 0 aromatic rings. The Kier molecular flexibility index (Phi) is 8.97. The van der Waals surface area contributed by atoms with Gasteiger partial charge in [0.1, 0.15) is 5.60 Å². The summed E-state index contributed by atoms with van der Waals surface area (Å²) in [5.41, 5.74) is 5.07. The Bertz CT molecular complexity index is 319. The van der Waals surface area contributed by atoms with E-state index in [1.807, 2.05) is 33.8 Å². The zero-order valence-corrected chi connectivity index (χ0v) is 13.4. The number of nitrogens with zero attached hydrogens (tertiary/aromatic N) is 1. The third kappa shape index (κ3) is 8.75. The zero-order chi connectivity index (χ0) is 15.6. The lowest BCUT2D eigenvalue weighted by molar-refractivity contribution is 0.0168. The van der Waals surface area contributed by atoms with Crippen LogP contribution in [0, 0.1) is 0 Å². The van der Waals surface area contributed by atoms with Crippen LogP contribution in [0.15, 0.2) is 24.8 Å². The molecule has 0 aromatic heterocycles. The number of rotatable bonds is 8. The molecule has 0 fully saturated rings. The zero-order valence-electron chi connectivity index (χ0n) is 13.4. The van der Waals surface area contributed by atoms with E-state index in [-0.39, 0.29) is 12.1 Å². The van der Waals surface area contributed by atoms with Gasteiger partial charge in [0.15, 0.2) is 0 Å². The highest BCUT2D eigenvalue weighted by molar-refractivity contribution is 5.68. The Labute approximate surface area is 123 Å². The summed E-state index contributed by atoms with van der Waals surface area (Å²) in [4.78, 5) is 14.0. The van der Waals surface area contributed by atoms with E-state index in [2.05, 4.69) is 12.7 Å². The molecule has 0 radical (unpaired) electrons. The first-order valence-corrected chi connectivity index (χ1v) is 7.29. The van der Waals surface area contributed by atoms with Gasteiger partial charge in [-0.15, -0.1) is 0 Å². The third-order valence-corrected chi connectivity index (χ3v) is 2.79. The van der Waals surface area contributed by atoms with Crippen molar-refractivity contribution in [3.8, 4) is 0 Å². The molecule has 0 aliphatic rings. The Balaban J connectivity index is 4.55. The van der Waals surface area contributed by atoms with E-state index in [9.17, 15) is 4.79 Å². The van der Waals surface area contributed by atoms with Gasteiger partial charge in [0, 0.05) is 12.6 Å². The van der Waals surface area contributed by atoms with Crippen LogP contribution in [0.2, 0.25) is 0 Å². The van der Waals surface area contributed by atoms with Crippen LogP contribution in [0.4, 0.5) is 4.79 Å². The standard InChI is InChI=1S/C16H30N2O2/c1-6-7-8-9-11-14(2)18(13-10-12-17)15(19)20-16(3,4)5/h6-8,14H,1,9-13,17H2,2-5H3/b8-7-. The van der Waals surface area contributed by atoms with Gasteiger partial charge >= 0.3 is 6.09 Å². The lowest BCUT2D eigenvalue weighted by atomic mass is 10.1. The maximum atomic E-state index is 12.2. The van der Waals surface area contributed by atoms with Gasteiger partial charge < -0.3 is 15.4 Å². The minimum Gasteiger partial charge on any atom is -0.444 e. The van der Waals surface area contributed by atoms with Gasteiger partial charge in [-0.2, -0.15) is 0 Å². The van der Waals surface area contributed by atoms with Gasteiger partial charge in [-0.3, -0.25) is 0 Å². The summed E-state index contributed by atoms with van der Waals surface area (Å²) in [7, 11) is 0. The SMILES string of the molecule is C=C/C=C\CCC(C)N(CCCN)C(=O)OC(C)(C)C. The molecule has 1 unspecified atom stereocenters. The molecule has 4 heteroatoms. The first kappa shape index (κ1) is 18.7. The van der Waals surface area contributed by atoms with Crippen molar-refractivity contribution in [3.05, 3.63) is 24.8 Å².